The average Bonchev–Trinajstić information content (AvgIpc) is 2.67. The lowest BCUT2D eigenvalue weighted by Crippen LogP contribution is -2.33. The molecule has 1 heterocycles. The van der Waals surface area contributed by atoms with Crippen molar-refractivity contribution in [2.75, 3.05) is 11.9 Å². The molecule has 1 aliphatic heterocycles. The Morgan fingerprint density at radius 1 is 1.04 bits per heavy atom. The van der Waals surface area contributed by atoms with E-state index in [-0.39, 0.29) is 18.9 Å². The normalized spacial score (nSPS) is 15.0. The minimum Gasteiger partial charge on any atom is -0.455 e. The third-order valence-electron chi connectivity index (χ3n) is 4.25. The van der Waals surface area contributed by atoms with Crippen LogP contribution in [0.4, 0.5) is 5.69 Å². The Balaban J connectivity index is 1.61. The van der Waals surface area contributed by atoms with Crippen LogP contribution >= 0.6 is 0 Å². The van der Waals surface area contributed by atoms with Crippen LogP contribution in [0.2, 0.25) is 0 Å². The number of para-hydroxylation sites is 1. The highest BCUT2D eigenvalue weighted by molar-refractivity contribution is 5.92. The number of benzene rings is 2. The van der Waals surface area contributed by atoms with Crippen LogP contribution in [0.1, 0.15) is 30.5 Å². The van der Waals surface area contributed by atoms with Crippen molar-refractivity contribution in [3.63, 3.8) is 0 Å². The molecule has 27 heavy (non-hydrogen) atoms. The summed E-state index contributed by atoms with van der Waals surface area (Å²) in [6.45, 7) is 1.07. The highest BCUT2D eigenvalue weighted by Gasteiger charge is 2.28. The Morgan fingerprint density at radius 2 is 1.74 bits per heavy atom. The summed E-state index contributed by atoms with van der Waals surface area (Å²) in [6, 6.07) is 16.0. The van der Waals surface area contributed by atoms with E-state index in [4.69, 9.17) is 4.74 Å². The zero-order valence-corrected chi connectivity index (χ0v) is 14.9. The quantitative estimate of drug-likeness (QED) is 0.827. The van der Waals surface area contributed by atoms with Crippen molar-refractivity contribution in [1.82, 2.24) is 4.90 Å². The van der Waals surface area contributed by atoms with E-state index in [9.17, 15) is 14.4 Å². The number of nitrogens with one attached hydrogen (secondary N) is 1. The molecule has 2 aromatic carbocycles. The molecule has 1 aliphatic rings. The van der Waals surface area contributed by atoms with Gasteiger partial charge in [0.05, 0.1) is 12.5 Å². The summed E-state index contributed by atoms with van der Waals surface area (Å²) in [7, 11) is 0. The maximum Gasteiger partial charge on any atom is 0.308 e. The lowest BCUT2D eigenvalue weighted by molar-refractivity contribution is -0.149. The van der Waals surface area contributed by atoms with Crippen molar-refractivity contribution in [3.8, 4) is 0 Å². The SMILES string of the molecule is CC(=O)N1C=Cc2ccccc2[C@@H]1CC(=O)OCC(=O)Nc1ccccc1. The van der Waals surface area contributed by atoms with Crippen molar-refractivity contribution in [1.29, 1.82) is 0 Å². The zero-order valence-electron chi connectivity index (χ0n) is 14.9. The first-order chi connectivity index (χ1) is 13.0. The predicted molar refractivity (Wildman–Crippen MR) is 101 cm³/mol. The van der Waals surface area contributed by atoms with Crippen LogP contribution < -0.4 is 5.32 Å². The van der Waals surface area contributed by atoms with Crippen LogP contribution in [0.3, 0.4) is 0 Å². The van der Waals surface area contributed by atoms with Crippen LogP contribution in [-0.2, 0) is 19.1 Å². The van der Waals surface area contributed by atoms with Gasteiger partial charge in [0, 0.05) is 18.8 Å². The molecular formula is C21H20N2O4. The van der Waals surface area contributed by atoms with Crippen molar-refractivity contribution < 1.29 is 19.1 Å². The number of rotatable bonds is 5. The predicted octanol–water partition coefficient (Wildman–Crippen LogP) is 3.13. The minimum atomic E-state index is -0.542. The first kappa shape index (κ1) is 18.4. The fraction of sp³-hybridized carbons (Fsp3) is 0.190. The highest BCUT2D eigenvalue weighted by Crippen LogP contribution is 2.33. The molecule has 3 rings (SSSR count). The van der Waals surface area contributed by atoms with Gasteiger partial charge in [0.25, 0.3) is 5.91 Å². The van der Waals surface area contributed by atoms with Crippen molar-refractivity contribution in [3.05, 3.63) is 71.9 Å². The molecule has 138 valence electrons. The van der Waals surface area contributed by atoms with Crippen molar-refractivity contribution in [2.24, 2.45) is 0 Å². The van der Waals surface area contributed by atoms with E-state index in [2.05, 4.69) is 5.32 Å². The molecule has 2 amide bonds. The van der Waals surface area contributed by atoms with Gasteiger partial charge in [0.1, 0.15) is 0 Å². The van der Waals surface area contributed by atoms with E-state index < -0.39 is 17.9 Å². The molecule has 0 aliphatic carbocycles. The van der Waals surface area contributed by atoms with Gasteiger partial charge in [0.2, 0.25) is 5.91 Å². The average molecular weight is 364 g/mol. The van der Waals surface area contributed by atoms with E-state index in [0.717, 1.165) is 11.1 Å². The van der Waals surface area contributed by atoms with Crippen molar-refractivity contribution in [2.45, 2.75) is 19.4 Å². The van der Waals surface area contributed by atoms with Gasteiger partial charge < -0.3 is 15.0 Å². The fourth-order valence-electron chi connectivity index (χ4n) is 2.99. The van der Waals surface area contributed by atoms with Crippen molar-refractivity contribution >= 4 is 29.5 Å². The molecule has 0 radical (unpaired) electrons. The second-order valence-corrected chi connectivity index (χ2v) is 6.17. The molecule has 0 fully saturated rings. The second kappa shape index (κ2) is 8.31. The topological polar surface area (TPSA) is 75.7 Å². The Labute approximate surface area is 157 Å². The number of hydrogen-bond donors (Lipinski definition) is 1. The number of nitrogens with zero attached hydrogens (tertiary/aromatic N) is 1. The molecule has 2 aromatic rings. The van der Waals surface area contributed by atoms with E-state index in [1.165, 1.54) is 11.8 Å². The number of ether oxygens (including phenoxy) is 1. The number of anilines is 1. The third-order valence-corrected chi connectivity index (χ3v) is 4.25. The van der Waals surface area contributed by atoms with Gasteiger partial charge >= 0.3 is 5.97 Å². The van der Waals surface area contributed by atoms with E-state index in [1.807, 2.05) is 36.4 Å². The molecular weight excluding hydrogens is 344 g/mol. The van der Waals surface area contributed by atoms with Gasteiger partial charge in [-0.1, -0.05) is 42.5 Å². The van der Waals surface area contributed by atoms with Crippen LogP contribution in [-0.4, -0.2) is 29.3 Å². The molecule has 0 aromatic heterocycles. The fourth-order valence-corrected chi connectivity index (χ4v) is 2.99. The molecule has 1 N–H and O–H groups in total. The summed E-state index contributed by atoms with van der Waals surface area (Å²) < 4.78 is 5.11. The number of carbonyl (C=O) groups excluding carboxylic acids is 3. The molecule has 0 saturated carbocycles. The largest absolute Gasteiger partial charge is 0.455 e. The zero-order chi connectivity index (χ0) is 19.2. The maximum absolute atomic E-state index is 12.3. The molecule has 0 spiro atoms. The van der Waals surface area contributed by atoms with Crippen LogP contribution in [0.25, 0.3) is 6.08 Å². The standard InChI is InChI=1S/C21H20N2O4/c1-15(24)23-12-11-16-7-5-6-10-18(16)19(23)13-21(26)27-14-20(25)22-17-8-3-2-4-9-17/h2-12,19H,13-14H2,1H3,(H,22,25)/t19-/m0/s1. The number of esters is 1. The Hall–Kier alpha value is -3.41. The van der Waals surface area contributed by atoms with Gasteiger partial charge in [-0.05, 0) is 29.3 Å². The lowest BCUT2D eigenvalue weighted by atomic mass is 9.94. The maximum atomic E-state index is 12.3. The summed E-state index contributed by atoms with van der Waals surface area (Å²) >= 11 is 0. The van der Waals surface area contributed by atoms with E-state index in [0.29, 0.717) is 5.69 Å². The minimum absolute atomic E-state index is 0.0282. The lowest BCUT2D eigenvalue weighted by Gasteiger charge is -2.32. The first-order valence-corrected chi connectivity index (χ1v) is 8.61. The van der Waals surface area contributed by atoms with Gasteiger partial charge in [-0.3, -0.25) is 14.4 Å². The highest BCUT2D eigenvalue weighted by atomic mass is 16.5. The van der Waals surface area contributed by atoms with Gasteiger partial charge in [-0.2, -0.15) is 0 Å². The molecule has 0 saturated heterocycles. The number of carbonyl (C=O) groups is 3. The monoisotopic (exact) mass is 364 g/mol. The van der Waals surface area contributed by atoms with Crippen LogP contribution in [0.5, 0.6) is 0 Å². The van der Waals surface area contributed by atoms with E-state index in [1.54, 1.807) is 30.5 Å². The summed E-state index contributed by atoms with van der Waals surface area (Å²) in [5.41, 5.74) is 2.46. The smallest absolute Gasteiger partial charge is 0.308 e. The molecule has 1 atom stereocenters. The van der Waals surface area contributed by atoms with Gasteiger partial charge in [-0.25, -0.2) is 0 Å². The molecule has 0 unspecified atom stereocenters. The molecule has 0 bridgehead atoms. The molecule has 6 nitrogen and oxygen atoms in total. The second-order valence-electron chi connectivity index (χ2n) is 6.17. The van der Waals surface area contributed by atoms with Gasteiger partial charge in [-0.15, -0.1) is 0 Å². The van der Waals surface area contributed by atoms with Crippen LogP contribution in [0, 0.1) is 0 Å². The molecule has 6 heteroatoms. The summed E-state index contributed by atoms with van der Waals surface area (Å²) in [4.78, 5) is 37.6. The first-order valence-electron chi connectivity index (χ1n) is 8.61. The summed E-state index contributed by atoms with van der Waals surface area (Å²) in [5, 5.41) is 2.65. The Morgan fingerprint density at radius 3 is 2.48 bits per heavy atom. The van der Waals surface area contributed by atoms with Crippen LogP contribution in [0.15, 0.2) is 60.8 Å². The third kappa shape index (κ3) is 4.61. The van der Waals surface area contributed by atoms with Gasteiger partial charge in [0.15, 0.2) is 6.61 Å². The Bertz CT molecular complexity index is 877. The summed E-state index contributed by atoms with van der Waals surface area (Å²) in [5.74, 6) is -1.12. The van der Waals surface area contributed by atoms with E-state index >= 15 is 0 Å². The Kier molecular flexibility index (Phi) is 5.66. The number of amides is 2. The summed E-state index contributed by atoms with van der Waals surface area (Å²) in [6.07, 6.45) is 3.48. The number of hydrogen-bond acceptors (Lipinski definition) is 4. The number of fused-ring (bicyclic) bond motifs is 1.